The van der Waals surface area contributed by atoms with Crippen LogP contribution in [0.25, 0.3) is 10.9 Å². The molecular weight excluding hydrogens is 288 g/mol. The molecule has 2 aliphatic rings. The van der Waals surface area contributed by atoms with Crippen molar-refractivity contribution in [3.05, 3.63) is 66.2 Å². The topological polar surface area (TPSA) is 34.6 Å². The second-order valence-corrected chi connectivity index (χ2v) is 6.05. The van der Waals surface area contributed by atoms with E-state index in [2.05, 4.69) is 24.3 Å². The Bertz CT molecular complexity index is 866. The first-order valence-electron chi connectivity index (χ1n) is 7.90. The van der Waals surface area contributed by atoms with E-state index in [1.807, 2.05) is 41.5 Å². The summed E-state index contributed by atoms with van der Waals surface area (Å²) in [6.07, 6.45) is 0. The fourth-order valence-electron chi connectivity index (χ4n) is 3.50. The van der Waals surface area contributed by atoms with E-state index in [9.17, 15) is 0 Å². The van der Waals surface area contributed by atoms with Gasteiger partial charge in [0.15, 0.2) is 0 Å². The predicted molar refractivity (Wildman–Crippen MR) is 88.3 cm³/mol. The number of rotatable bonds is 1. The molecule has 0 unspecified atom stereocenters. The molecule has 0 amide bonds. The highest BCUT2D eigenvalue weighted by Crippen LogP contribution is 2.45. The molecule has 1 aromatic heterocycles. The Kier molecular flexibility index (Phi) is 2.78. The molecule has 23 heavy (non-hydrogen) atoms. The SMILES string of the molecule is c1ccc(N2OC[C@H]3COc4nc5ccccc5cc4[C@H]32)cc1. The van der Waals surface area contributed by atoms with Crippen LogP contribution in [0.2, 0.25) is 0 Å². The van der Waals surface area contributed by atoms with Crippen LogP contribution in [0.5, 0.6) is 5.88 Å². The molecular formula is C19H16N2O2. The molecule has 2 aliphatic heterocycles. The average molecular weight is 304 g/mol. The number of pyridine rings is 1. The number of para-hydroxylation sites is 2. The summed E-state index contributed by atoms with van der Waals surface area (Å²) in [7, 11) is 0. The zero-order valence-electron chi connectivity index (χ0n) is 12.6. The smallest absolute Gasteiger partial charge is 0.219 e. The number of hydrogen-bond acceptors (Lipinski definition) is 4. The molecule has 2 atom stereocenters. The number of ether oxygens (including phenoxy) is 1. The lowest BCUT2D eigenvalue weighted by Gasteiger charge is -2.32. The van der Waals surface area contributed by atoms with Crippen LogP contribution in [-0.4, -0.2) is 18.2 Å². The summed E-state index contributed by atoms with van der Waals surface area (Å²) in [5.41, 5.74) is 3.15. The monoisotopic (exact) mass is 304 g/mol. The van der Waals surface area contributed by atoms with Crippen molar-refractivity contribution in [2.75, 3.05) is 18.3 Å². The number of nitrogens with zero attached hydrogens (tertiary/aromatic N) is 2. The molecule has 3 heterocycles. The van der Waals surface area contributed by atoms with E-state index in [0.29, 0.717) is 19.1 Å². The number of aromatic nitrogens is 1. The third kappa shape index (κ3) is 1.99. The lowest BCUT2D eigenvalue weighted by Crippen LogP contribution is -2.31. The number of hydroxylamine groups is 1. The highest BCUT2D eigenvalue weighted by atomic mass is 16.7. The second kappa shape index (κ2) is 4.96. The molecule has 0 spiro atoms. The fourth-order valence-corrected chi connectivity index (χ4v) is 3.50. The van der Waals surface area contributed by atoms with Gasteiger partial charge in [0, 0.05) is 16.9 Å². The van der Waals surface area contributed by atoms with E-state index in [1.54, 1.807) is 0 Å². The van der Waals surface area contributed by atoms with Crippen LogP contribution in [-0.2, 0) is 4.84 Å². The van der Waals surface area contributed by atoms with Gasteiger partial charge in [-0.1, -0.05) is 36.4 Å². The van der Waals surface area contributed by atoms with Crippen LogP contribution in [0.3, 0.4) is 0 Å². The number of fused-ring (bicyclic) bond motifs is 4. The van der Waals surface area contributed by atoms with Gasteiger partial charge in [0.05, 0.1) is 30.5 Å². The van der Waals surface area contributed by atoms with Gasteiger partial charge in [-0.2, -0.15) is 0 Å². The van der Waals surface area contributed by atoms with E-state index >= 15 is 0 Å². The lowest BCUT2D eigenvalue weighted by molar-refractivity contribution is 0.146. The number of hydrogen-bond donors (Lipinski definition) is 0. The van der Waals surface area contributed by atoms with Gasteiger partial charge in [-0.05, 0) is 24.3 Å². The molecule has 0 aliphatic carbocycles. The first kappa shape index (κ1) is 12.9. The number of anilines is 1. The molecule has 0 N–H and O–H groups in total. The first-order valence-corrected chi connectivity index (χ1v) is 7.90. The molecule has 4 heteroatoms. The minimum atomic E-state index is 0.151. The Balaban J connectivity index is 1.66. The van der Waals surface area contributed by atoms with Crippen LogP contribution in [0, 0.1) is 5.92 Å². The second-order valence-electron chi connectivity index (χ2n) is 6.05. The zero-order chi connectivity index (χ0) is 15.2. The van der Waals surface area contributed by atoms with Crippen LogP contribution < -0.4 is 9.80 Å². The Morgan fingerprint density at radius 2 is 1.78 bits per heavy atom. The van der Waals surface area contributed by atoms with Crippen molar-refractivity contribution in [1.29, 1.82) is 0 Å². The molecule has 1 saturated heterocycles. The fraction of sp³-hybridized carbons (Fsp3) is 0.211. The van der Waals surface area contributed by atoms with Crippen molar-refractivity contribution in [2.45, 2.75) is 6.04 Å². The van der Waals surface area contributed by atoms with Gasteiger partial charge < -0.3 is 4.74 Å². The maximum atomic E-state index is 5.98. The molecule has 2 aromatic carbocycles. The van der Waals surface area contributed by atoms with E-state index in [1.165, 1.54) is 0 Å². The van der Waals surface area contributed by atoms with Crippen molar-refractivity contribution in [3.63, 3.8) is 0 Å². The van der Waals surface area contributed by atoms with E-state index < -0.39 is 0 Å². The quantitative estimate of drug-likeness (QED) is 0.686. The Morgan fingerprint density at radius 3 is 2.70 bits per heavy atom. The predicted octanol–water partition coefficient (Wildman–Crippen LogP) is 3.74. The molecule has 0 bridgehead atoms. The van der Waals surface area contributed by atoms with E-state index in [0.717, 1.165) is 28.0 Å². The Morgan fingerprint density at radius 1 is 0.957 bits per heavy atom. The standard InChI is InChI=1S/C19H16N2O2/c1-2-7-15(8-3-1)21-18-14(12-23-21)11-22-19-16(18)10-13-6-4-5-9-17(13)20-19/h1-10,14,18H,11-12H2/t14-,18+/m1/s1. The van der Waals surface area contributed by atoms with Crippen molar-refractivity contribution >= 4 is 16.6 Å². The molecule has 1 fully saturated rings. The largest absolute Gasteiger partial charge is 0.477 e. The van der Waals surface area contributed by atoms with Crippen LogP contribution in [0.1, 0.15) is 11.6 Å². The van der Waals surface area contributed by atoms with Crippen LogP contribution >= 0.6 is 0 Å². The third-order valence-corrected chi connectivity index (χ3v) is 4.61. The molecule has 5 rings (SSSR count). The Labute approximate surface area is 134 Å². The van der Waals surface area contributed by atoms with Gasteiger partial charge in [0.2, 0.25) is 5.88 Å². The normalized spacial score (nSPS) is 22.5. The average Bonchev–Trinajstić information content (AvgIpc) is 3.05. The Hall–Kier alpha value is -2.59. The summed E-state index contributed by atoms with van der Waals surface area (Å²) in [4.78, 5) is 10.7. The van der Waals surface area contributed by atoms with Crippen LogP contribution in [0.4, 0.5) is 5.69 Å². The highest BCUT2D eigenvalue weighted by molar-refractivity contribution is 5.80. The minimum Gasteiger partial charge on any atom is -0.477 e. The van der Waals surface area contributed by atoms with Gasteiger partial charge in [0.1, 0.15) is 0 Å². The van der Waals surface area contributed by atoms with Crippen molar-refractivity contribution in [2.24, 2.45) is 5.92 Å². The maximum Gasteiger partial charge on any atom is 0.219 e. The molecule has 0 radical (unpaired) electrons. The summed E-state index contributed by atoms with van der Waals surface area (Å²) in [5, 5.41) is 3.15. The van der Waals surface area contributed by atoms with Crippen molar-refractivity contribution < 1.29 is 9.57 Å². The molecule has 3 aromatic rings. The summed E-state index contributed by atoms with van der Waals surface area (Å²) in [6.45, 7) is 1.32. The minimum absolute atomic E-state index is 0.151. The highest BCUT2D eigenvalue weighted by Gasteiger charge is 2.42. The van der Waals surface area contributed by atoms with Gasteiger partial charge in [-0.25, -0.2) is 10.0 Å². The molecule has 4 nitrogen and oxygen atoms in total. The summed E-state index contributed by atoms with van der Waals surface area (Å²) < 4.78 is 5.91. The summed E-state index contributed by atoms with van der Waals surface area (Å²) in [5.74, 6) is 1.06. The van der Waals surface area contributed by atoms with Gasteiger partial charge in [-0.15, -0.1) is 0 Å². The number of benzene rings is 2. The van der Waals surface area contributed by atoms with Gasteiger partial charge in [0.25, 0.3) is 0 Å². The molecule has 0 saturated carbocycles. The lowest BCUT2D eigenvalue weighted by atomic mass is 9.92. The van der Waals surface area contributed by atoms with Crippen LogP contribution in [0.15, 0.2) is 60.7 Å². The van der Waals surface area contributed by atoms with Crippen molar-refractivity contribution in [3.8, 4) is 5.88 Å². The molecule has 114 valence electrons. The zero-order valence-corrected chi connectivity index (χ0v) is 12.6. The van der Waals surface area contributed by atoms with E-state index in [-0.39, 0.29) is 6.04 Å². The van der Waals surface area contributed by atoms with Crippen molar-refractivity contribution in [1.82, 2.24) is 4.98 Å². The van der Waals surface area contributed by atoms with Gasteiger partial charge in [-0.3, -0.25) is 4.84 Å². The maximum absolute atomic E-state index is 5.98. The third-order valence-electron chi connectivity index (χ3n) is 4.61. The summed E-state index contributed by atoms with van der Waals surface area (Å²) >= 11 is 0. The summed E-state index contributed by atoms with van der Waals surface area (Å²) in [6, 6.07) is 20.7. The first-order chi connectivity index (χ1) is 11.4. The van der Waals surface area contributed by atoms with E-state index in [4.69, 9.17) is 14.6 Å². The van der Waals surface area contributed by atoms with Gasteiger partial charge >= 0.3 is 0 Å².